The van der Waals surface area contributed by atoms with E-state index < -0.39 is 0 Å². The molecule has 1 radical (unpaired) electrons. The standard InChI is InChI=1S/C17H22B2NO/c1-12-10-14(8-7-9-20)11-13(2)15(12)19-18-16(3,4)17(5,6)21-19/h7-8,10-11H,1-6H3/b8-7+. The van der Waals surface area contributed by atoms with E-state index in [1.165, 1.54) is 22.7 Å². The van der Waals surface area contributed by atoms with Crippen LogP contribution in [0, 0.1) is 25.2 Å². The van der Waals surface area contributed by atoms with Crippen LogP contribution in [0.15, 0.2) is 18.2 Å². The summed E-state index contributed by atoms with van der Waals surface area (Å²) >= 11 is 0. The first kappa shape index (κ1) is 15.9. The van der Waals surface area contributed by atoms with E-state index in [2.05, 4.69) is 60.8 Å². The number of hydrogen-bond acceptors (Lipinski definition) is 2. The maximum atomic E-state index is 8.65. The summed E-state index contributed by atoms with van der Waals surface area (Å²) in [4.78, 5) is 0. The van der Waals surface area contributed by atoms with Gasteiger partial charge in [-0.15, -0.1) is 0 Å². The monoisotopic (exact) mass is 278 g/mol. The molecule has 1 aliphatic heterocycles. The predicted molar refractivity (Wildman–Crippen MR) is 90.9 cm³/mol. The van der Waals surface area contributed by atoms with Gasteiger partial charge >= 0.3 is 0 Å². The second-order valence-electron chi connectivity index (χ2n) is 6.97. The lowest BCUT2D eigenvalue weighted by Crippen LogP contribution is -2.40. The third kappa shape index (κ3) is 2.94. The maximum absolute atomic E-state index is 8.65. The zero-order chi connectivity index (χ0) is 15.8. The molecule has 1 aliphatic rings. The largest absolute Gasteiger partial charge is 0.435 e. The molecular weight excluding hydrogens is 256 g/mol. The Hall–Kier alpha value is -1.46. The van der Waals surface area contributed by atoms with Gasteiger partial charge in [0.05, 0.1) is 6.07 Å². The van der Waals surface area contributed by atoms with E-state index in [1.807, 2.05) is 12.1 Å². The Kier molecular flexibility index (Phi) is 4.08. The van der Waals surface area contributed by atoms with Crippen LogP contribution in [-0.4, -0.2) is 19.6 Å². The van der Waals surface area contributed by atoms with Crippen LogP contribution in [-0.2, 0) is 4.65 Å². The van der Waals surface area contributed by atoms with E-state index in [1.54, 1.807) is 0 Å². The molecule has 1 fully saturated rings. The van der Waals surface area contributed by atoms with Gasteiger partial charge in [-0.05, 0) is 44.6 Å². The molecule has 2 nitrogen and oxygen atoms in total. The van der Waals surface area contributed by atoms with Gasteiger partial charge in [0.1, 0.15) is 7.17 Å². The SMILES string of the molecule is Cc1cc(/C=C/C#N)cc(C)c1B1[B]C(C)(C)C(C)(C)O1. The van der Waals surface area contributed by atoms with Crippen LogP contribution in [0.2, 0.25) is 5.31 Å². The van der Waals surface area contributed by atoms with Gasteiger partial charge < -0.3 is 4.65 Å². The lowest BCUT2D eigenvalue weighted by molar-refractivity contribution is 0.0881. The number of allylic oxidation sites excluding steroid dienone is 1. The maximum Gasteiger partial charge on any atom is 0.280 e. The lowest BCUT2D eigenvalue weighted by atomic mass is 9.23. The molecule has 0 atom stereocenters. The van der Waals surface area contributed by atoms with Gasteiger partial charge in [-0.3, -0.25) is 0 Å². The number of nitrogens with zero attached hydrogens (tertiary/aromatic N) is 1. The van der Waals surface area contributed by atoms with Gasteiger partial charge in [0.15, 0.2) is 0 Å². The molecule has 0 spiro atoms. The summed E-state index contributed by atoms with van der Waals surface area (Å²) in [6.45, 7) is 13.0. The summed E-state index contributed by atoms with van der Waals surface area (Å²) in [5.41, 5.74) is 4.56. The number of hydrogen-bond donors (Lipinski definition) is 0. The van der Waals surface area contributed by atoms with E-state index in [0.29, 0.717) is 0 Å². The molecule has 21 heavy (non-hydrogen) atoms. The normalized spacial score (nSPS) is 19.6. The van der Waals surface area contributed by atoms with E-state index in [4.69, 9.17) is 9.92 Å². The van der Waals surface area contributed by atoms with E-state index >= 15 is 0 Å². The molecule has 1 aromatic carbocycles. The molecule has 0 aliphatic carbocycles. The first-order chi connectivity index (χ1) is 9.68. The Morgan fingerprint density at radius 2 is 1.76 bits per heavy atom. The van der Waals surface area contributed by atoms with Crippen molar-refractivity contribution in [2.24, 2.45) is 0 Å². The van der Waals surface area contributed by atoms with Crippen molar-refractivity contribution in [2.75, 3.05) is 0 Å². The Morgan fingerprint density at radius 3 is 2.19 bits per heavy atom. The van der Waals surface area contributed by atoms with Crippen LogP contribution in [0.3, 0.4) is 0 Å². The summed E-state index contributed by atoms with van der Waals surface area (Å²) in [6, 6.07) is 6.27. The Balaban J connectivity index is 2.39. The zero-order valence-corrected chi connectivity index (χ0v) is 13.8. The summed E-state index contributed by atoms with van der Waals surface area (Å²) in [5, 5.41) is 8.68. The number of nitriles is 1. The Bertz CT molecular complexity index is 587. The van der Waals surface area contributed by atoms with Gasteiger partial charge in [0.25, 0.3) is 6.81 Å². The summed E-state index contributed by atoms with van der Waals surface area (Å²) in [6.07, 6.45) is 3.36. The Morgan fingerprint density at radius 1 is 1.19 bits per heavy atom. The molecule has 1 saturated heterocycles. The van der Waals surface area contributed by atoms with E-state index in [-0.39, 0.29) is 17.7 Å². The fraction of sp³-hybridized carbons (Fsp3) is 0.471. The van der Waals surface area contributed by atoms with Crippen LogP contribution >= 0.6 is 0 Å². The van der Waals surface area contributed by atoms with E-state index in [9.17, 15) is 0 Å². The quantitative estimate of drug-likeness (QED) is 0.614. The minimum Gasteiger partial charge on any atom is -0.435 e. The van der Waals surface area contributed by atoms with E-state index in [0.717, 1.165) is 5.56 Å². The first-order valence-corrected chi connectivity index (χ1v) is 7.39. The summed E-state index contributed by atoms with van der Waals surface area (Å²) in [7, 11) is 2.31. The third-order valence-electron chi connectivity index (χ3n) is 4.79. The molecule has 0 saturated carbocycles. The molecular formula is C17H22B2NO. The fourth-order valence-corrected chi connectivity index (χ4v) is 2.91. The molecule has 0 aromatic heterocycles. The highest BCUT2D eigenvalue weighted by atomic mass is 16.5. The summed E-state index contributed by atoms with van der Waals surface area (Å²) < 4.78 is 6.31. The van der Waals surface area contributed by atoms with Crippen LogP contribution in [0.4, 0.5) is 0 Å². The van der Waals surface area contributed by atoms with Gasteiger partial charge in [0.2, 0.25) is 0 Å². The molecule has 0 N–H and O–H groups in total. The highest BCUT2D eigenvalue weighted by Gasteiger charge is 2.50. The average Bonchev–Trinajstić information content (AvgIpc) is 2.54. The molecule has 2 rings (SSSR count). The molecule has 0 bridgehead atoms. The van der Waals surface area contributed by atoms with Crippen molar-refractivity contribution in [3.05, 3.63) is 34.9 Å². The molecule has 1 heterocycles. The van der Waals surface area contributed by atoms with Crippen molar-refractivity contribution in [1.82, 2.24) is 0 Å². The van der Waals surface area contributed by atoms with Gasteiger partial charge in [-0.2, -0.15) is 5.26 Å². The highest BCUT2D eigenvalue weighted by Crippen LogP contribution is 2.45. The van der Waals surface area contributed by atoms with Crippen molar-refractivity contribution in [3.63, 3.8) is 0 Å². The third-order valence-corrected chi connectivity index (χ3v) is 4.79. The topological polar surface area (TPSA) is 33.0 Å². The van der Waals surface area contributed by atoms with Crippen molar-refractivity contribution in [2.45, 2.75) is 52.5 Å². The molecule has 107 valence electrons. The van der Waals surface area contributed by atoms with Gasteiger partial charge in [0, 0.05) is 11.7 Å². The first-order valence-electron chi connectivity index (χ1n) is 7.39. The van der Waals surface area contributed by atoms with Crippen LogP contribution in [0.1, 0.15) is 44.4 Å². The number of aryl methyl sites for hydroxylation is 2. The molecule has 0 unspecified atom stereocenters. The molecule has 0 amide bonds. The predicted octanol–water partition coefficient (Wildman–Crippen LogP) is 3.25. The number of rotatable bonds is 2. The minimum atomic E-state index is -0.171. The van der Waals surface area contributed by atoms with Crippen molar-refractivity contribution < 1.29 is 4.65 Å². The van der Waals surface area contributed by atoms with Crippen molar-refractivity contribution in [1.29, 1.82) is 5.26 Å². The summed E-state index contributed by atoms with van der Waals surface area (Å²) in [5.74, 6) is 0. The number of benzene rings is 1. The van der Waals surface area contributed by atoms with Crippen LogP contribution in [0.5, 0.6) is 0 Å². The molecule has 1 aromatic rings. The fourth-order valence-electron chi connectivity index (χ4n) is 2.91. The highest BCUT2D eigenvalue weighted by molar-refractivity contribution is 7.18. The second kappa shape index (κ2) is 5.39. The average molecular weight is 278 g/mol. The van der Waals surface area contributed by atoms with Crippen LogP contribution < -0.4 is 5.46 Å². The minimum absolute atomic E-state index is 0.0315. The lowest BCUT2D eigenvalue weighted by Gasteiger charge is -2.34. The Labute approximate surface area is 129 Å². The van der Waals surface area contributed by atoms with Gasteiger partial charge in [-0.1, -0.05) is 42.6 Å². The van der Waals surface area contributed by atoms with Crippen molar-refractivity contribution in [3.8, 4) is 6.07 Å². The second-order valence-corrected chi connectivity index (χ2v) is 6.97. The van der Waals surface area contributed by atoms with Crippen molar-refractivity contribution >= 4 is 25.5 Å². The smallest absolute Gasteiger partial charge is 0.280 e. The van der Waals surface area contributed by atoms with Crippen LogP contribution in [0.25, 0.3) is 6.08 Å². The molecule has 4 heteroatoms. The zero-order valence-electron chi connectivity index (χ0n) is 13.8. The van der Waals surface area contributed by atoms with Gasteiger partial charge in [-0.25, -0.2) is 0 Å².